The quantitative estimate of drug-likeness (QED) is 0.775. The van der Waals surface area contributed by atoms with E-state index in [1.54, 1.807) is 7.11 Å². The first-order valence-corrected chi connectivity index (χ1v) is 10.1. The summed E-state index contributed by atoms with van der Waals surface area (Å²) in [6.07, 6.45) is 3.58. The number of piperidine rings is 3. The summed E-state index contributed by atoms with van der Waals surface area (Å²) in [6.45, 7) is 5.30. The Kier molecular flexibility index (Phi) is 5.95. The third kappa shape index (κ3) is 4.63. The van der Waals surface area contributed by atoms with E-state index in [1.165, 1.54) is 43.6 Å². The fourth-order valence-corrected chi connectivity index (χ4v) is 4.31. The van der Waals surface area contributed by atoms with Gasteiger partial charge in [-0.25, -0.2) is 0 Å². The molecule has 0 saturated carbocycles. The maximum absolute atomic E-state index is 5.97. The van der Waals surface area contributed by atoms with Crippen molar-refractivity contribution in [2.45, 2.75) is 31.8 Å². The van der Waals surface area contributed by atoms with Crippen LogP contribution in [0.3, 0.4) is 0 Å². The maximum Gasteiger partial charge on any atom is 0.161 e. The Morgan fingerprint density at radius 2 is 1.81 bits per heavy atom. The first-order valence-electron chi connectivity index (χ1n) is 10.1. The number of methoxy groups -OCH3 is 1. The SMILES string of the molecule is COc1cc(CNC2CN3CCC2CC3)ccc1OCCc1ccccc1. The Morgan fingerprint density at radius 1 is 1.00 bits per heavy atom. The first kappa shape index (κ1) is 18.3. The highest BCUT2D eigenvalue weighted by molar-refractivity contribution is 5.43. The van der Waals surface area contributed by atoms with Crippen molar-refractivity contribution in [3.8, 4) is 11.5 Å². The van der Waals surface area contributed by atoms with E-state index in [9.17, 15) is 0 Å². The molecule has 0 aliphatic carbocycles. The molecule has 3 saturated heterocycles. The predicted octanol–water partition coefficient (Wildman–Crippen LogP) is 3.50. The van der Waals surface area contributed by atoms with Crippen molar-refractivity contribution in [3.05, 3.63) is 59.7 Å². The molecular weight excluding hydrogens is 336 g/mol. The number of fused-ring (bicyclic) bond motifs is 3. The number of nitrogens with zero attached hydrogens (tertiary/aromatic N) is 1. The molecule has 2 aromatic rings. The first-order chi connectivity index (χ1) is 13.3. The van der Waals surface area contributed by atoms with Gasteiger partial charge in [0.05, 0.1) is 13.7 Å². The molecule has 3 heterocycles. The summed E-state index contributed by atoms with van der Waals surface area (Å²) in [4.78, 5) is 2.59. The van der Waals surface area contributed by atoms with Crippen LogP contribution in [0.15, 0.2) is 48.5 Å². The zero-order valence-electron chi connectivity index (χ0n) is 16.2. The van der Waals surface area contributed by atoms with E-state index in [4.69, 9.17) is 9.47 Å². The molecule has 2 bridgehead atoms. The molecule has 1 atom stereocenters. The Hall–Kier alpha value is -2.04. The lowest BCUT2D eigenvalue weighted by Gasteiger charge is -2.45. The number of nitrogens with one attached hydrogen (secondary N) is 1. The van der Waals surface area contributed by atoms with Crippen LogP contribution >= 0.6 is 0 Å². The van der Waals surface area contributed by atoms with E-state index in [0.29, 0.717) is 12.6 Å². The van der Waals surface area contributed by atoms with Gasteiger partial charge in [0.1, 0.15) is 0 Å². The molecule has 0 spiro atoms. The highest BCUT2D eigenvalue weighted by atomic mass is 16.5. The molecule has 3 aliphatic rings. The maximum atomic E-state index is 5.97. The molecule has 27 heavy (non-hydrogen) atoms. The van der Waals surface area contributed by atoms with Crippen LogP contribution in [0.25, 0.3) is 0 Å². The molecular formula is C23H30N2O2. The molecule has 0 aromatic heterocycles. The van der Waals surface area contributed by atoms with Gasteiger partial charge in [0.2, 0.25) is 0 Å². The third-order valence-corrected chi connectivity index (χ3v) is 5.94. The highest BCUT2D eigenvalue weighted by Gasteiger charge is 2.33. The largest absolute Gasteiger partial charge is 0.493 e. The van der Waals surface area contributed by atoms with Crippen molar-refractivity contribution < 1.29 is 9.47 Å². The second-order valence-electron chi connectivity index (χ2n) is 7.69. The van der Waals surface area contributed by atoms with Gasteiger partial charge < -0.3 is 19.7 Å². The Labute approximate surface area is 162 Å². The van der Waals surface area contributed by atoms with Crippen molar-refractivity contribution in [1.29, 1.82) is 0 Å². The number of hydrogen-bond acceptors (Lipinski definition) is 4. The average molecular weight is 367 g/mol. The van der Waals surface area contributed by atoms with E-state index in [2.05, 4.69) is 46.6 Å². The van der Waals surface area contributed by atoms with Gasteiger partial charge in [-0.2, -0.15) is 0 Å². The van der Waals surface area contributed by atoms with Crippen LogP contribution in [0, 0.1) is 5.92 Å². The summed E-state index contributed by atoms with van der Waals surface area (Å²) in [7, 11) is 1.71. The zero-order valence-corrected chi connectivity index (χ0v) is 16.2. The van der Waals surface area contributed by atoms with Crippen molar-refractivity contribution in [3.63, 3.8) is 0 Å². The van der Waals surface area contributed by atoms with Gasteiger partial charge in [-0.05, 0) is 55.1 Å². The van der Waals surface area contributed by atoms with Crippen molar-refractivity contribution >= 4 is 0 Å². The van der Waals surface area contributed by atoms with Crippen LogP contribution in [-0.2, 0) is 13.0 Å². The number of rotatable bonds is 8. The van der Waals surface area contributed by atoms with E-state index < -0.39 is 0 Å². The van der Waals surface area contributed by atoms with Crippen LogP contribution in [0.4, 0.5) is 0 Å². The van der Waals surface area contributed by atoms with Crippen molar-refractivity contribution in [2.75, 3.05) is 33.4 Å². The summed E-state index contributed by atoms with van der Waals surface area (Å²) in [5, 5.41) is 3.77. The predicted molar refractivity (Wildman–Crippen MR) is 108 cm³/mol. The second-order valence-corrected chi connectivity index (χ2v) is 7.69. The van der Waals surface area contributed by atoms with Gasteiger partial charge in [0, 0.05) is 25.6 Å². The van der Waals surface area contributed by atoms with Crippen molar-refractivity contribution in [1.82, 2.24) is 10.2 Å². The van der Waals surface area contributed by atoms with E-state index in [-0.39, 0.29) is 0 Å². The van der Waals surface area contributed by atoms with Gasteiger partial charge >= 0.3 is 0 Å². The fourth-order valence-electron chi connectivity index (χ4n) is 4.31. The highest BCUT2D eigenvalue weighted by Crippen LogP contribution is 2.30. The Balaban J connectivity index is 1.31. The standard InChI is InChI=1S/C23H30N2O2/c1-26-23-15-19(16-24-21-17-25-12-9-20(21)10-13-25)7-8-22(23)27-14-11-18-5-3-2-4-6-18/h2-8,15,20-21,24H,9-14,16-17H2,1H3. The summed E-state index contributed by atoms with van der Waals surface area (Å²) in [5.41, 5.74) is 2.54. The molecule has 3 aliphatic heterocycles. The molecule has 3 fully saturated rings. The molecule has 144 valence electrons. The third-order valence-electron chi connectivity index (χ3n) is 5.94. The van der Waals surface area contributed by atoms with Gasteiger partial charge in [-0.15, -0.1) is 0 Å². The van der Waals surface area contributed by atoms with Crippen LogP contribution in [0.5, 0.6) is 11.5 Å². The molecule has 2 aromatic carbocycles. The lowest BCUT2D eigenvalue weighted by molar-refractivity contribution is 0.0720. The molecule has 4 nitrogen and oxygen atoms in total. The molecule has 5 rings (SSSR count). The number of hydrogen-bond donors (Lipinski definition) is 1. The van der Waals surface area contributed by atoms with Crippen LogP contribution < -0.4 is 14.8 Å². The van der Waals surface area contributed by atoms with Crippen LogP contribution in [0.2, 0.25) is 0 Å². The topological polar surface area (TPSA) is 33.7 Å². The zero-order chi connectivity index (χ0) is 18.5. The van der Waals surface area contributed by atoms with Crippen LogP contribution in [-0.4, -0.2) is 44.3 Å². The normalized spacial score (nSPS) is 24.0. The van der Waals surface area contributed by atoms with Crippen molar-refractivity contribution in [2.24, 2.45) is 5.92 Å². The minimum atomic E-state index is 0.625. The van der Waals surface area contributed by atoms with Gasteiger partial charge in [0.25, 0.3) is 0 Å². The Morgan fingerprint density at radius 3 is 2.52 bits per heavy atom. The van der Waals surface area contributed by atoms with E-state index in [1.807, 2.05) is 12.1 Å². The second kappa shape index (κ2) is 8.77. The molecule has 1 N–H and O–H groups in total. The number of benzene rings is 2. The summed E-state index contributed by atoms with van der Waals surface area (Å²) < 4.78 is 11.5. The Bertz CT molecular complexity index is 726. The summed E-state index contributed by atoms with van der Waals surface area (Å²) in [6, 6.07) is 17.3. The van der Waals surface area contributed by atoms with Gasteiger partial charge in [-0.3, -0.25) is 0 Å². The van der Waals surface area contributed by atoms with Gasteiger partial charge in [-0.1, -0.05) is 36.4 Å². The fraction of sp³-hybridized carbons (Fsp3) is 0.478. The van der Waals surface area contributed by atoms with E-state index >= 15 is 0 Å². The monoisotopic (exact) mass is 366 g/mol. The molecule has 1 unspecified atom stereocenters. The van der Waals surface area contributed by atoms with E-state index in [0.717, 1.165) is 30.4 Å². The molecule has 0 radical (unpaired) electrons. The summed E-state index contributed by atoms with van der Waals surface area (Å²) in [5.74, 6) is 2.48. The van der Waals surface area contributed by atoms with Gasteiger partial charge in [0.15, 0.2) is 11.5 Å². The minimum absolute atomic E-state index is 0.625. The summed E-state index contributed by atoms with van der Waals surface area (Å²) >= 11 is 0. The lowest BCUT2D eigenvalue weighted by Crippen LogP contribution is -2.55. The smallest absolute Gasteiger partial charge is 0.161 e. The average Bonchev–Trinajstić information content (AvgIpc) is 2.74. The minimum Gasteiger partial charge on any atom is -0.493 e. The van der Waals surface area contributed by atoms with Crippen LogP contribution in [0.1, 0.15) is 24.0 Å². The molecule has 0 amide bonds. The molecule has 4 heteroatoms. The lowest BCUT2D eigenvalue weighted by atomic mass is 9.84. The number of ether oxygens (including phenoxy) is 2.